The number of likely N-dealkylation sites (N-methyl/N-ethyl adjacent to an activating group) is 1. The van der Waals surface area contributed by atoms with E-state index in [9.17, 15) is 4.79 Å². The van der Waals surface area contributed by atoms with Crippen molar-refractivity contribution in [3.63, 3.8) is 0 Å². The van der Waals surface area contributed by atoms with Gasteiger partial charge in [0.2, 0.25) is 5.91 Å². The maximum absolute atomic E-state index is 12.7. The molecule has 4 aromatic rings. The van der Waals surface area contributed by atoms with Gasteiger partial charge >= 0.3 is 0 Å². The van der Waals surface area contributed by atoms with Crippen LogP contribution in [-0.4, -0.2) is 42.0 Å². The highest BCUT2D eigenvalue weighted by Gasteiger charge is 2.16. The quantitative estimate of drug-likeness (QED) is 0.473. The summed E-state index contributed by atoms with van der Waals surface area (Å²) >= 11 is 6.23. The SMILES string of the molecule is C[C@H](c1ccc(-n2cncn2)cc1)N(C)C(=O)/C=C/c1c(Cl)nc2ccccn12. The fourth-order valence-electron chi connectivity index (χ4n) is 3.06. The minimum atomic E-state index is -0.125. The Bertz CT molecular complexity index is 1160. The molecule has 0 fully saturated rings. The summed E-state index contributed by atoms with van der Waals surface area (Å²) in [5.74, 6) is -0.125. The molecular weight excluding hydrogens is 388 g/mol. The number of pyridine rings is 1. The molecular formula is C21H19ClN6O. The number of halogens is 1. The third-order valence-electron chi connectivity index (χ3n) is 4.89. The first-order chi connectivity index (χ1) is 14.0. The third kappa shape index (κ3) is 3.77. The largest absolute Gasteiger partial charge is 0.335 e. The van der Waals surface area contributed by atoms with Crippen LogP contribution in [0, 0.1) is 0 Å². The normalized spacial score (nSPS) is 12.5. The smallest absolute Gasteiger partial charge is 0.246 e. The number of nitrogens with zero attached hydrogens (tertiary/aromatic N) is 6. The van der Waals surface area contributed by atoms with E-state index in [1.807, 2.05) is 60.0 Å². The van der Waals surface area contributed by atoms with Gasteiger partial charge < -0.3 is 4.90 Å². The molecule has 0 radical (unpaired) electrons. The van der Waals surface area contributed by atoms with Crippen LogP contribution in [0.25, 0.3) is 17.4 Å². The fraction of sp³-hybridized carbons (Fsp3) is 0.143. The molecule has 7 nitrogen and oxygen atoms in total. The van der Waals surface area contributed by atoms with Crippen molar-refractivity contribution in [2.24, 2.45) is 0 Å². The Balaban J connectivity index is 1.49. The molecule has 1 atom stereocenters. The van der Waals surface area contributed by atoms with Crippen molar-refractivity contribution in [1.82, 2.24) is 29.0 Å². The van der Waals surface area contributed by atoms with Crippen molar-refractivity contribution in [3.8, 4) is 5.69 Å². The maximum Gasteiger partial charge on any atom is 0.246 e. The molecule has 1 amide bonds. The number of imidazole rings is 1. The van der Waals surface area contributed by atoms with Crippen LogP contribution in [0.1, 0.15) is 24.2 Å². The van der Waals surface area contributed by atoms with Crippen molar-refractivity contribution in [2.45, 2.75) is 13.0 Å². The Hall–Kier alpha value is -3.45. The minimum Gasteiger partial charge on any atom is -0.335 e. The van der Waals surface area contributed by atoms with Crippen molar-refractivity contribution in [1.29, 1.82) is 0 Å². The molecule has 0 aliphatic heterocycles. The predicted molar refractivity (Wildman–Crippen MR) is 112 cm³/mol. The number of hydrogen-bond donors (Lipinski definition) is 0. The topological polar surface area (TPSA) is 68.3 Å². The molecule has 3 aromatic heterocycles. The first-order valence-electron chi connectivity index (χ1n) is 9.07. The predicted octanol–water partition coefficient (Wildman–Crippen LogP) is 3.80. The van der Waals surface area contributed by atoms with E-state index in [-0.39, 0.29) is 11.9 Å². The number of hydrogen-bond acceptors (Lipinski definition) is 4. The number of fused-ring (bicyclic) bond motifs is 1. The van der Waals surface area contributed by atoms with E-state index in [2.05, 4.69) is 15.1 Å². The maximum atomic E-state index is 12.7. The molecule has 0 saturated carbocycles. The monoisotopic (exact) mass is 406 g/mol. The molecule has 0 N–H and O–H groups in total. The zero-order valence-electron chi connectivity index (χ0n) is 16.0. The van der Waals surface area contributed by atoms with Gasteiger partial charge in [0, 0.05) is 19.3 Å². The van der Waals surface area contributed by atoms with Crippen molar-refractivity contribution >= 4 is 29.2 Å². The van der Waals surface area contributed by atoms with E-state index in [0.717, 1.165) is 16.9 Å². The lowest BCUT2D eigenvalue weighted by Gasteiger charge is -2.24. The van der Waals surface area contributed by atoms with Crippen molar-refractivity contribution < 1.29 is 4.79 Å². The molecule has 0 bridgehead atoms. The first kappa shape index (κ1) is 18.9. The highest BCUT2D eigenvalue weighted by atomic mass is 35.5. The number of benzene rings is 1. The summed E-state index contributed by atoms with van der Waals surface area (Å²) in [5.41, 5.74) is 3.34. The fourth-order valence-corrected chi connectivity index (χ4v) is 3.31. The minimum absolute atomic E-state index is 0.102. The molecule has 1 aromatic carbocycles. The Labute approximate surface area is 172 Å². The van der Waals surface area contributed by atoms with E-state index in [1.54, 1.807) is 29.0 Å². The van der Waals surface area contributed by atoms with Crippen LogP contribution in [0.15, 0.2) is 67.4 Å². The van der Waals surface area contributed by atoms with Crippen LogP contribution < -0.4 is 0 Å². The van der Waals surface area contributed by atoms with Crippen LogP contribution in [0.3, 0.4) is 0 Å². The molecule has 0 saturated heterocycles. The highest BCUT2D eigenvalue weighted by molar-refractivity contribution is 6.31. The Kier molecular flexibility index (Phi) is 5.14. The van der Waals surface area contributed by atoms with Crippen molar-refractivity contribution in [3.05, 3.63) is 83.8 Å². The van der Waals surface area contributed by atoms with Gasteiger partial charge in [-0.15, -0.1) is 0 Å². The molecule has 0 aliphatic carbocycles. The van der Waals surface area contributed by atoms with Crippen LogP contribution in [0.5, 0.6) is 0 Å². The number of amides is 1. The molecule has 4 rings (SSSR count). The second-order valence-electron chi connectivity index (χ2n) is 6.61. The lowest BCUT2D eigenvalue weighted by Crippen LogP contribution is -2.28. The summed E-state index contributed by atoms with van der Waals surface area (Å²) in [6.07, 6.45) is 8.21. The number of carbonyl (C=O) groups excluding carboxylic acids is 1. The number of rotatable bonds is 5. The van der Waals surface area contributed by atoms with Crippen LogP contribution in [0.4, 0.5) is 0 Å². The van der Waals surface area contributed by atoms with E-state index in [1.165, 1.54) is 12.4 Å². The van der Waals surface area contributed by atoms with Gasteiger partial charge in [-0.2, -0.15) is 5.10 Å². The summed E-state index contributed by atoms with van der Waals surface area (Å²) in [6.45, 7) is 1.98. The summed E-state index contributed by atoms with van der Waals surface area (Å²) in [7, 11) is 1.78. The van der Waals surface area contributed by atoms with Crippen LogP contribution in [-0.2, 0) is 4.79 Å². The molecule has 3 heterocycles. The van der Waals surface area contributed by atoms with Gasteiger partial charge in [0.1, 0.15) is 18.3 Å². The zero-order valence-corrected chi connectivity index (χ0v) is 16.7. The average Bonchev–Trinajstić information content (AvgIpc) is 3.39. The summed E-state index contributed by atoms with van der Waals surface area (Å²) in [4.78, 5) is 22.6. The molecule has 0 unspecified atom stereocenters. The van der Waals surface area contributed by atoms with Gasteiger partial charge in [0.05, 0.1) is 17.4 Å². The van der Waals surface area contributed by atoms with E-state index in [4.69, 9.17) is 11.6 Å². The molecule has 0 spiro atoms. The van der Waals surface area contributed by atoms with E-state index < -0.39 is 0 Å². The van der Waals surface area contributed by atoms with Gasteiger partial charge in [-0.25, -0.2) is 14.6 Å². The zero-order chi connectivity index (χ0) is 20.4. The van der Waals surface area contributed by atoms with Crippen molar-refractivity contribution in [2.75, 3.05) is 7.05 Å². The average molecular weight is 407 g/mol. The standard InChI is InChI=1S/C21H19ClN6O/c1-15(16-6-8-17(9-7-16)28-14-23-13-24-28)26(2)20(29)11-10-18-21(22)25-19-5-3-4-12-27(18)19/h3-15H,1-2H3/b11-10+/t15-/m1/s1. The lowest BCUT2D eigenvalue weighted by atomic mass is 10.1. The van der Waals surface area contributed by atoms with E-state index >= 15 is 0 Å². The first-order valence-corrected chi connectivity index (χ1v) is 9.45. The number of carbonyl (C=O) groups is 1. The Morgan fingerprint density at radius 1 is 1.21 bits per heavy atom. The van der Waals surface area contributed by atoms with Gasteiger partial charge in [0.15, 0.2) is 5.15 Å². The second-order valence-corrected chi connectivity index (χ2v) is 6.96. The molecule has 0 aliphatic rings. The molecule has 8 heteroatoms. The van der Waals surface area contributed by atoms with Gasteiger partial charge in [-0.3, -0.25) is 9.20 Å². The van der Waals surface area contributed by atoms with Gasteiger partial charge in [-0.05, 0) is 42.8 Å². The number of aromatic nitrogens is 5. The van der Waals surface area contributed by atoms with E-state index in [0.29, 0.717) is 10.8 Å². The summed E-state index contributed by atoms with van der Waals surface area (Å²) < 4.78 is 3.53. The third-order valence-corrected chi connectivity index (χ3v) is 5.17. The summed E-state index contributed by atoms with van der Waals surface area (Å²) in [5, 5.41) is 4.48. The second kappa shape index (κ2) is 7.89. The van der Waals surface area contributed by atoms with Gasteiger partial charge in [0.25, 0.3) is 0 Å². The Morgan fingerprint density at radius 3 is 2.72 bits per heavy atom. The van der Waals surface area contributed by atoms with Gasteiger partial charge in [-0.1, -0.05) is 29.8 Å². The lowest BCUT2D eigenvalue weighted by molar-refractivity contribution is -0.126. The highest BCUT2D eigenvalue weighted by Crippen LogP contribution is 2.22. The van der Waals surface area contributed by atoms with Crippen LogP contribution >= 0.6 is 11.6 Å². The van der Waals surface area contributed by atoms with Crippen LogP contribution in [0.2, 0.25) is 5.15 Å². The molecule has 29 heavy (non-hydrogen) atoms. The Morgan fingerprint density at radius 2 is 2.00 bits per heavy atom. The molecule has 146 valence electrons. The summed E-state index contributed by atoms with van der Waals surface area (Å²) in [6, 6.07) is 13.4.